The summed E-state index contributed by atoms with van der Waals surface area (Å²) in [6.45, 7) is 1.03. The molecule has 0 aliphatic heterocycles. The molecule has 0 saturated heterocycles. The highest BCUT2D eigenvalue weighted by atomic mass is 19.1. The Balaban J connectivity index is 1.65. The molecular weight excluding hydrogens is 325 g/mol. The van der Waals surface area contributed by atoms with Gasteiger partial charge in [-0.05, 0) is 36.6 Å². The van der Waals surface area contributed by atoms with Crippen molar-refractivity contribution in [3.63, 3.8) is 0 Å². The van der Waals surface area contributed by atoms with Crippen molar-refractivity contribution in [2.24, 2.45) is 0 Å². The highest BCUT2D eigenvalue weighted by Gasteiger charge is 2.10. The lowest BCUT2D eigenvalue weighted by Gasteiger charge is -2.08. The first-order valence-corrected chi connectivity index (χ1v) is 8.00. The summed E-state index contributed by atoms with van der Waals surface area (Å²) in [6, 6.07) is 13.3. The average Bonchev–Trinajstić information content (AvgIpc) is 2.60. The molecule has 132 valence electrons. The third kappa shape index (κ3) is 6.35. The number of amides is 1. The highest BCUT2D eigenvalue weighted by Crippen LogP contribution is 2.16. The van der Waals surface area contributed by atoms with Gasteiger partial charge >= 0.3 is 5.97 Å². The van der Waals surface area contributed by atoms with Crippen molar-refractivity contribution in [1.82, 2.24) is 0 Å². The van der Waals surface area contributed by atoms with Crippen LogP contribution in [0.25, 0.3) is 0 Å². The molecule has 0 atom stereocenters. The Hall–Kier alpha value is -2.73. The van der Waals surface area contributed by atoms with Gasteiger partial charge in [-0.1, -0.05) is 30.3 Å². The second-order valence-electron chi connectivity index (χ2n) is 5.50. The van der Waals surface area contributed by atoms with Crippen LogP contribution in [-0.2, 0) is 16.0 Å². The second-order valence-corrected chi connectivity index (χ2v) is 5.50. The van der Waals surface area contributed by atoms with E-state index in [-0.39, 0.29) is 23.6 Å². The maximum atomic E-state index is 13.7. The SMILES string of the molecule is O=C(CCCOCCc1ccccc1)Nc1ccc(C(=O)O)cc1F. The smallest absolute Gasteiger partial charge is 0.335 e. The minimum Gasteiger partial charge on any atom is -0.478 e. The average molecular weight is 345 g/mol. The Labute approximate surface area is 145 Å². The largest absolute Gasteiger partial charge is 0.478 e. The van der Waals surface area contributed by atoms with Crippen molar-refractivity contribution < 1.29 is 23.8 Å². The lowest BCUT2D eigenvalue weighted by Crippen LogP contribution is -2.14. The Morgan fingerprint density at radius 1 is 1.08 bits per heavy atom. The van der Waals surface area contributed by atoms with E-state index in [1.807, 2.05) is 30.3 Å². The Morgan fingerprint density at radius 2 is 1.84 bits per heavy atom. The number of aromatic carboxylic acids is 1. The van der Waals surface area contributed by atoms with Crippen molar-refractivity contribution in [3.8, 4) is 0 Å². The normalized spacial score (nSPS) is 10.4. The molecule has 0 radical (unpaired) electrons. The van der Waals surface area contributed by atoms with Crippen molar-refractivity contribution in [1.29, 1.82) is 0 Å². The van der Waals surface area contributed by atoms with Crippen molar-refractivity contribution in [2.45, 2.75) is 19.3 Å². The fraction of sp³-hybridized carbons (Fsp3) is 0.263. The van der Waals surface area contributed by atoms with E-state index in [4.69, 9.17) is 9.84 Å². The fourth-order valence-electron chi connectivity index (χ4n) is 2.23. The molecule has 0 aromatic heterocycles. The first-order chi connectivity index (χ1) is 12.1. The number of carboxylic acid groups (broad SMARTS) is 1. The number of nitrogens with one attached hydrogen (secondary N) is 1. The van der Waals surface area contributed by atoms with E-state index >= 15 is 0 Å². The molecule has 0 heterocycles. The van der Waals surface area contributed by atoms with Crippen LogP contribution in [-0.4, -0.2) is 30.2 Å². The van der Waals surface area contributed by atoms with Gasteiger partial charge in [-0.3, -0.25) is 4.79 Å². The third-order valence-corrected chi connectivity index (χ3v) is 3.56. The van der Waals surface area contributed by atoms with Gasteiger partial charge in [0, 0.05) is 13.0 Å². The zero-order chi connectivity index (χ0) is 18.1. The molecule has 0 aliphatic rings. The molecule has 5 nitrogen and oxygen atoms in total. The van der Waals surface area contributed by atoms with Crippen LogP contribution >= 0.6 is 0 Å². The van der Waals surface area contributed by atoms with E-state index < -0.39 is 11.8 Å². The van der Waals surface area contributed by atoms with Gasteiger partial charge in [-0.25, -0.2) is 9.18 Å². The predicted octanol–water partition coefficient (Wildman–Crippen LogP) is 3.50. The van der Waals surface area contributed by atoms with Crippen LogP contribution < -0.4 is 5.32 Å². The number of anilines is 1. The van der Waals surface area contributed by atoms with Crippen LogP contribution in [0.1, 0.15) is 28.8 Å². The number of rotatable bonds is 9. The highest BCUT2D eigenvalue weighted by molar-refractivity contribution is 5.92. The molecule has 6 heteroatoms. The standard InChI is InChI=1S/C19H20FNO4/c20-16-13-15(19(23)24)8-9-17(16)21-18(22)7-4-11-25-12-10-14-5-2-1-3-6-14/h1-3,5-6,8-9,13H,4,7,10-12H2,(H,21,22)(H,23,24). The van der Waals surface area contributed by atoms with Gasteiger partial charge in [0.15, 0.2) is 0 Å². The maximum absolute atomic E-state index is 13.7. The van der Waals surface area contributed by atoms with Crippen molar-refractivity contribution in [2.75, 3.05) is 18.5 Å². The number of hydrogen-bond donors (Lipinski definition) is 2. The molecule has 2 rings (SSSR count). The van der Waals surface area contributed by atoms with Gasteiger partial charge in [-0.2, -0.15) is 0 Å². The predicted molar refractivity (Wildman–Crippen MR) is 92.2 cm³/mol. The summed E-state index contributed by atoms with van der Waals surface area (Å²) >= 11 is 0. The molecule has 2 aromatic carbocycles. The molecule has 0 saturated carbocycles. The Kier molecular flexibility index (Phi) is 7.10. The maximum Gasteiger partial charge on any atom is 0.335 e. The lowest BCUT2D eigenvalue weighted by atomic mass is 10.2. The van der Waals surface area contributed by atoms with Gasteiger partial charge in [-0.15, -0.1) is 0 Å². The van der Waals surface area contributed by atoms with Crippen LogP contribution in [0.5, 0.6) is 0 Å². The number of carboxylic acids is 1. The lowest BCUT2D eigenvalue weighted by molar-refractivity contribution is -0.116. The topological polar surface area (TPSA) is 75.6 Å². The van der Waals surface area contributed by atoms with Crippen LogP contribution in [0.2, 0.25) is 0 Å². The van der Waals surface area contributed by atoms with Crippen molar-refractivity contribution >= 4 is 17.6 Å². The summed E-state index contributed by atoms with van der Waals surface area (Å²) in [5, 5.41) is 11.2. The number of carbonyl (C=O) groups excluding carboxylic acids is 1. The molecular formula is C19H20FNO4. The molecule has 0 bridgehead atoms. The molecule has 0 fully saturated rings. The summed E-state index contributed by atoms with van der Waals surface area (Å²) < 4.78 is 19.2. The summed E-state index contributed by atoms with van der Waals surface area (Å²) in [5.74, 6) is -2.33. The van der Waals surface area contributed by atoms with Gasteiger partial charge in [0.1, 0.15) is 5.82 Å². The van der Waals surface area contributed by atoms with E-state index in [0.717, 1.165) is 12.5 Å². The van der Waals surface area contributed by atoms with Crippen LogP contribution in [0.3, 0.4) is 0 Å². The van der Waals surface area contributed by atoms with Gasteiger partial charge < -0.3 is 15.2 Å². The number of carbonyl (C=O) groups is 2. The van der Waals surface area contributed by atoms with E-state index in [1.54, 1.807) is 0 Å². The minimum absolute atomic E-state index is 0.0278. The Bertz CT molecular complexity index is 719. The van der Waals surface area contributed by atoms with E-state index in [2.05, 4.69) is 5.32 Å². The number of benzene rings is 2. The van der Waals surface area contributed by atoms with Gasteiger partial charge in [0.25, 0.3) is 0 Å². The molecule has 0 aliphatic carbocycles. The minimum atomic E-state index is -1.22. The second kappa shape index (κ2) is 9.54. The third-order valence-electron chi connectivity index (χ3n) is 3.56. The molecule has 1 amide bonds. The first-order valence-electron chi connectivity index (χ1n) is 8.00. The molecule has 25 heavy (non-hydrogen) atoms. The zero-order valence-electron chi connectivity index (χ0n) is 13.7. The summed E-state index contributed by atoms with van der Waals surface area (Å²) in [6.07, 6.45) is 1.54. The number of ether oxygens (including phenoxy) is 1. The number of halogens is 1. The van der Waals surface area contributed by atoms with Gasteiger partial charge in [0.05, 0.1) is 17.9 Å². The monoisotopic (exact) mass is 345 g/mol. The molecule has 2 N–H and O–H groups in total. The molecule has 0 spiro atoms. The summed E-state index contributed by atoms with van der Waals surface area (Å²) in [7, 11) is 0. The van der Waals surface area contributed by atoms with E-state index in [9.17, 15) is 14.0 Å². The summed E-state index contributed by atoms with van der Waals surface area (Å²) in [4.78, 5) is 22.5. The zero-order valence-corrected chi connectivity index (χ0v) is 13.7. The van der Waals surface area contributed by atoms with E-state index in [1.165, 1.54) is 17.7 Å². The fourth-order valence-corrected chi connectivity index (χ4v) is 2.23. The molecule has 2 aromatic rings. The quantitative estimate of drug-likeness (QED) is 0.682. The first kappa shape index (κ1) is 18.6. The molecule has 0 unspecified atom stereocenters. The van der Waals surface area contributed by atoms with Crippen LogP contribution in [0.4, 0.5) is 10.1 Å². The summed E-state index contributed by atoms with van der Waals surface area (Å²) in [5.41, 5.74) is 1.00. The Morgan fingerprint density at radius 3 is 2.52 bits per heavy atom. The van der Waals surface area contributed by atoms with E-state index in [0.29, 0.717) is 19.6 Å². The van der Waals surface area contributed by atoms with Crippen LogP contribution in [0.15, 0.2) is 48.5 Å². The van der Waals surface area contributed by atoms with Gasteiger partial charge in [0.2, 0.25) is 5.91 Å². The van der Waals surface area contributed by atoms with Crippen LogP contribution in [0, 0.1) is 5.82 Å². The number of hydrogen-bond acceptors (Lipinski definition) is 3. The van der Waals surface area contributed by atoms with Crippen molar-refractivity contribution in [3.05, 3.63) is 65.5 Å².